The molecule has 0 spiro atoms. The lowest BCUT2D eigenvalue weighted by molar-refractivity contribution is -0.385. The molecule has 1 heterocycles. The summed E-state index contributed by atoms with van der Waals surface area (Å²) in [6.45, 7) is 1.96. The van der Waals surface area contributed by atoms with Crippen LogP contribution in [0, 0.1) is 10.1 Å². The van der Waals surface area contributed by atoms with E-state index in [2.05, 4.69) is 15.9 Å². The molecule has 1 aliphatic rings. The van der Waals surface area contributed by atoms with Crippen molar-refractivity contribution < 1.29 is 9.72 Å². The molecule has 0 aliphatic carbocycles. The van der Waals surface area contributed by atoms with E-state index in [0.717, 1.165) is 11.3 Å². The van der Waals surface area contributed by atoms with Crippen LogP contribution in [-0.2, 0) is 4.79 Å². The van der Waals surface area contributed by atoms with Gasteiger partial charge in [0.2, 0.25) is 0 Å². The van der Waals surface area contributed by atoms with Gasteiger partial charge in [-0.25, -0.2) is 4.99 Å². The molecular formula is C24H18BrN3O3S. The van der Waals surface area contributed by atoms with Gasteiger partial charge < -0.3 is 0 Å². The van der Waals surface area contributed by atoms with Gasteiger partial charge in [-0.05, 0) is 70.0 Å². The molecule has 1 aliphatic heterocycles. The molecule has 160 valence electrons. The number of hydrogen-bond acceptors (Lipinski definition) is 5. The first-order chi connectivity index (χ1) is 15.4. The summed E-state index contributed by atoms with van der Waals surface area (Å²) >= 11 is 4.46. The van der Waals surface area contributed by atoms with Gasteiger partial charge in [0.25, 0.3) is 11.6 Å². The summed E-state index contributed by atoms with van der Waals surface area (Å²) in [6.07, 6.45) is 1.67. The maximum absolute atomic E-state index is 13.4. The summed E-state index contributed by atoms with van der Waals surface area (Å²) in [7, 11) is 0. The van der Waals surface area contributed by atoms with Crippen LogP contribution in [0.25, 0.3) is 6.08 Å². The van der Waals surface area contributed by atoms with E-state index in [1.165, 1.54) is 17.8 Å². The number of nitrogens with zero attached hydrogens (tertiary/aromatic N) is 3. The summed E-state index contributed by atoms with van der Waals surface area (Å²) in [5, 5.41) is 11.8. The van der Waals surface area contributed by atoms with Crippen molar-refractivity contribution >= 4 is 56.2 Å². The van der Waals surface area contributed by atoms with Crippen molar-refractivity contribution in [2.24, 2.45) is 4.99 Å². The Morgan fingerprint density at radius 3 is 2.38 bits per heavy atom. The zero-order valence-corrected chi connectivity index (χ0v) is 19.4. The average molecular weight is 508 g/mol. The minimum atomic E-state index is -0.457. The number of hydrogen-bond donors (Lipinski definition) is 0. The molecule has 0 aromatic heterocycles. The molecule has 0 N–H and O–H groups in total. The minimum absolute atomic E-state index is 0.0533. The second kappa shape index (κ2) is 9.50. The first-order valence-electron chi connectivity index (χ1n) is 9.80. The van der Waals surface area contributed by atoms with Gasteiger partial charge in [-0.2, -0.15) is 0 Å². The topological polar surface area (TPSA) is 75.8 Å². The normalized spacial score (nSPS) is 17.2. The molecule has 0 unspecified atom stereocenters. The number of benzene rings is 3. The van der Waals surface area contributed by atoms with Crippen molar-refractivity contribution in [2.75, 3.05) is 0 Å². The highest BCUT2D eigenvalue weighted by molar-refractivity contribution is 9.10. The van der Waals surface area contributed by atoms with Gasteiger partial charge in [-0.15, -0.1) is 0 Å². The summed E-state index contributed by atoms with van der Waals surface area (Å²) in [5.74, 6) is -0.188. The zero-order valence-electron chi connectivity index (χ0n) is 17.0. The Morgan fingerprint density at radius 1 is 1.06 bits per heavy atom. The van der Waals surface area contributed by atoms with Gasteiger partial charge in [0.15, 0.2) is 5.17 Å². The number of nitro groups is 1. The molecule has 4 rings (SSSR count). The molecule has 1 atom stereocenters. The Morgan fingerprint density at radius 2 is 1.72 bits per heavy atom. The lowest BCUT2D eigenvalue weighted by Crippen LogP contribution is -2.32. The van der Waals surface area contributed by atoms with Crippen molar-refractivity contribution in [3.05, 3.63) is 109 Å². The van der Waals surface area contributed by atoms with Crippen molar-refractivity contribution in [3.63, 3.8) is 0 Å². The van der Waals surface area contributed by atoms with E-state index in [4.69, 9.17) is 4.99 Å². The summed E-state index contributed by atoms with van der Waals surface area (Å²) in [6, 6.07) is 23.8. The van der Waals surface area contributed by atoms with Crippen molar-refractivity contribution in [1.82, 2.24) is 4.90 Å². The standard InChI is InChI=1S/C24H18BrN3O3S/c1-16(18-8-4-2-5-9-18)27-23(29)22(32-24(27)26-19-10-6-3-7-11-19)15-17-12-13-20(25)21(14-17)28(30)31/h2-16H,1H3/b22-15+,26-24?/t16-/m1/s1. The maximum Gasteiger partial charge on any atom is 0.284 e. The smallest absolute Gasteiger partial charge is 0.279 e. The van der Waals surface area contributed by atoms with Crippen LogP contribution in [0.2, 0.25) is 0 Å². The van der Waals surface area contributed by atoms with Gasteiger partial charge in [-0.1, -0.05) is 54.6 Å². The van der Waals surface area contributed by atoms with Crippen LogP contribution in [0.4, 0.5) is 11.4 Å². The Balaban J connectivity index is 1.75. The first kappa shape index (κ1) is 22.0. The van der Waals surface area contributed by atoms with E-state index < -0.39 is 4.92 Å². The van der Waals surface area contributed by atoms with Crippen LogP contribution in [0.1, 0.15) is 24.1 Å². The highest BCUT2D eigenvalue weighted by Gasteiger charge is 2.37. The highest BCUT2D eigenvalue weighted by Crippen LogP contribution is 2.39. The molecule has 1 fully saturated rings. The van der Waals surface area contributed by atoms with E-state index in [0.29, 0.717) is 20.1 Å². The van der Waals surface area contributed by atoms with Crippen molar-refractivity contribution in [1.29, 1.82) is 0 Å². The molecule has 1 saturated heterocycles. The number of carbonyl (C=O) groups is 1. The van der Waals surface area contributed by atoms with Gasteiger partial charge in [-0.3, -0.25) is 19.8 Å². The number of nitro benzene ring substituents is 1. The van der Waals surface area contributed by atoms with E-state index in [1.807, 2.05) is 67.6 Å². The first-order valence-corrected chi connectivity index (χ1v) is 11.4. The third-order valence-electron chi connectivity index (χ3n) is 4.95. The van der Waals surface area contributed by atoms with Crippen LogP contribution < -0.4 is 0 Å². The van der Waals surface area contributed by atoms with E-state index in [-0.39, 0.29) is 17.6 Å². The predicted molar refractivity (Wildman–Crippen MR) is 132 cm³/mol. The monoisotopic (exact) mass is 507 g/mol. The molecule has 0 bridgehead atoms. The van der Waals surface area contributed by atoms with Crippen molar-refractivity contribution in [3.8, 4) is 0 Å². The largest absolute Gasteiger partial charge is 0.284 e. The fourth-order valence-electron chi connectivity index (χ4n) is 3.31. The fraction of sp³-hybridized carbons (Fsp3) is 0.0833. The van der Waals surface area contributed by atoms with Crippen LogP contribution in [0.3, 0.4) is 0 Å². The quantitative estimate of drug-likeness (QED) is 0.218. The number of amidine groups is 1. The Hall–Kier alpha value is -3.23. The number of rotatable bonds is 5. The van der Waals surface area contributed by atoms with Crippen LogP contribution in [-0.4, -0.2) is 20.9 Å². The van der Waals surface area contributed by atoms with E-state index in [1.54, 1.807) is 23.1 Å². The molecule has 0 radical (unpaired) electrons. The van der Waals surface area contributed by atoms with Crippen LogP contribution in [0.5, 0.6) is 0 Å². The average Bonchev–Trinajstić information content (AvgIpc) is 3.10. The van der Waals surface area contributed by atoms with Gasteiger partial charge >= 0.3 is 0 Å². The molecule has 0 saturated carbocycles. The Labute approximate surface area is 198 Å². The second-order valence-corrected chi connectivity index (χ2v) is 8.93. The summed E-state index contributed by atoms with van der Waals surface area (Å²) in [4.78, 5) is 31.1. The third-order valence-corrected chi connectivity index (χ3v) is 6.61. The third kappa shape index (κ3) is 4.66. The number of thioether (sulfide) groups is 1. The second-order valence-electron chi connectivity index (χ2n) is 7.07. The molecule has 3 aromatic carbocycles. The Kier molecular flexibility index (Phi) is 6.53. The lowest BCUT2D eigenvalue weighted by Gasteiger charge is -2.24. The number of carbonyl (C=O) groups excluding carboxylic acids is 1. The predicted octanol–water partition coefficient (Wildman–Crippen LogP) is 6.72. The molecule has 6 nitrogen and oxygen atoms in total. The lowest BCUT2D eigenvalue weighted by atomic mass is 10.1. The van der Waals surface area contributed by atoms with Gasteiger partial charge in [0.05, 0.1) is 26.0 Å². The summed E-state index contributed by atoms with van der Waals surface area (Å²) in [5.41, 5.74) is 2.25. The van der Waals surface area contributed by atoms with Crippen molar-refractivity contribution in [2.45, 2.75) is 13.0 Å². The molecule has 32 heavy (non-hydrogen) atoms. The number of amides is 1. The number of para-hydroxylation sites is 1. The SMILES string of the molecule is C[C@H](c1ccccc1)N1C(=O)/C(=C\c2ccc(Br)c([N+](=O)[O-])c2)SC1=Nc1ccccc1. The molecule has 8 heteroatoms. The molecular weight excluding hydrogens is 490 g/mol. The highest BCUT2D eigenvalue weighted by atomic mass is 79.9. The number of halogens is 1. The minimum Gasteiger partial charge on any atom is -0.279 e. The van der Waals surface area contributed by atoms with E-state index >= 15 is 0 Å². The van der Waals surface area contributed by atoms with Crippen LogP contribution >= 0.6 is 27.7 Å². The van der Waals surface area contributed by atoms with Gasteiger partial charge in [0.1, 0.15) is 0 Å². The van der Waals surface area contributed by atoms with E-state index in [9.17, 15) is 14.9 Å². The zero-order chi connectivity index (χ0) is 22.7. The maximum atomic E-state index is 13.4. The summed E-state index contributed by atoms with van der Waals surface area (Å²) < 4.78 is 0.390. The number of aliphatic imine (C=N–C) groups is 1. The van der Waals surface area contributed by atoms with Crippen LogP contribution in [0.15, 0.2) is 93.2 Å². The molecule has 3 aromatic rings. The molecule has 1 amide bonds. The fourth-order valence-corrected chi connectivity index (χ4v) is 4.77. The van der Waals surface area contributed by atoms with Gasteiger partial charge in [0, 0.05) is 6.07 Å². The Bertz CT molecular complexity index is 1230.